The van der Waals surface area contributed by atoms with Crippen molar-refractivity contribution in [3.8, 4) is 0 Å². The molecule has 1 saturated carbocycles. The quantitative estimate of drug-likeness (QED) is 0.644. The Hall–Kier alpha value is -2.77. The summed E-state index contributed by atoms with van der Waals surface area (Å²) in [6, 6.07) is 11.8. The Morgan fingerprint density at radius 3 is 2.56 bits per heavy atom. The number of aryl methyl sites for hydroxylation is 2. The minimum Gasteiger partial charge on any atom is -0.385 e. The lowest BCUT2D eigenvalue weighted by atomic mass is 9.77. The Balaban J connectivity index is 1.17. The summed E-state index contributed by atoms with van der Waals surface area (Å²) in [7, 11) is 0. The van der Waals surface area contributed by atoms with Crippen LogP contribution in [0.15, 0.2) is 42.6 Å². The smallest absolute Gasteiger partial charge is 0.251 e. The monoisotopic (exact) mass is 436 g/mol. The second kappa shape index (κ2) is 9.38. The number of likely N-dealkylation sites (tertiary alicyclic amines) is 1. The maximum absolute atomic E-state index is 12.2. The molecule has 2 heterocycles. The fourth-order valence-electron chi connectivity index (χ4n) is 4.71. The SMILES string of the molecule is Cc1cccc(C(=O)NCC(=O)NC2CN([C@H]3CC[C@@](O)(c4ccc(C)nc4)CC3)C2)c1. The minimum atomic E-state index is -0.787. The molecule has 0 spiro atoms. The molecule has 2 aliphatic rings. The number of aromatic nitrogens is 1. The highest BCUT2D eigenvalue weighted by Crippen LogP contribution is 2.39. The van der Waals surface area contributed by atoms with Crippen molar-refractivity contribution in [1.29, 1.82) is 0 Å². The third-order valence-corrected chi connectivity index (χ3v) is 6.71. The first kappa shape index (κ1) is 22.4. The van der Waals surface area contributed by atoms with Crippen LogP contribution in [0.4, 0.5) is 0 Å². The van der Waals surface area contributed by atoms with Gasteiger partial charge in [0.15, 0.2) is 0 Å². The molecule has 32 heavy (non-hydrogen) atoms. The number of aliphatic hydroxyl groups is 1. The number of hydrogen-bond donors (Lipinski definition) is 3. The Kier molecular flexibility index (Phi) is 6.58. The Morgan fingerprint density at radius 1 is 1.16 bits per heavy atom. The van der Waals surface area contributed by atoms with Crippen molar-refractivity contribution in [2.24, 2.45) is 0 Å². The van der Waals surface area contributed by atoms with Crippen molar-refractivity contribution in [1.82, 2.24) is 20.5 Å². The molecule has 1 aliphatic carbocycles. The second-order valence-corrected chi connectivity index (χ2v) is 9.22. The summed E-state index contributed by atoms with van der Waals surface area (Å²) in [5.74, 6) is -0.405. The summed E-state index contributed by atoms with van der Waals surface area (Å²) in [4.78, 5) is 31.1. The van der Waals surface area contributed by atoms with E-state index in [4.69, 9.17) is 0 Å². The van der Waals surface area contributed by atoms with Gasteiger partial charge in [-0.25, -0.2) is 0 Å². The molecule has 0 bridgehead atoms. The molecule has 1 aromatic heterocycles. The Morgan fingerprint density at radius 2 is 1.91 bits per heavy atom. The van der Waals surface area contributed by atoms with Crippen LogP contribution in [0, 0.1) is 13.8 Å². The van der Waals surface area contributed by atoms with Crippen LogP contribution in [-0.4, -0.2) is 58.5 Å². The Labute approximate surface area is 189 Å². The number of nitrogens with one attached hydrogen (secondary N) is 2. The van der Waals surface area contributed by atoms with Gasteiger partial charge in [-0.15, -0.1) is 0 Å². The van der Waals surface area contributed by atoms with Gasteiger partial charge in [0.05, 0.1) is 18.2 Å². The summed E-state index contributed by atoms with van der Waals surface area (Å²) in [5.41, 5.74) is 2.64. The molecule has 3 N–H and O–H groups in total. The first-order valence-corrected chi connectivity index (χ1v) is 11.4. The number of pyridine rings is 1. The van der Waals surface area contributed by atoms with Gasteiger partial charge in [-0.1, -0.05) is 23.8 Å². The summed E-state index contributed by atoms with van der Waals surface area (Å²) in [6.45, 7) is 5.48. The lowest BCUT2D eigenvalue weighted by Crippen LogP contribution is -2.63. The van der Waals surface area contributed by atoms with E-state index < -0.39 is 5.60 Å². The van der Waals surface area contributed by atoms with Crippen molar-refractivity contribution < 1.29 is 14.7 Å². The third kappa shape index (κ3) is 5.16. The van der Waals surface area contributed by atoms with Crippen molar-refractivity contribution in [2.75, 3.05) is 19.6 Å². The van der Waals surface area contributed by atoms with Crippen LogP contribution in [0.2, 0.25) is 0 Å². The lowest BCUT2D eigenvalue weighted by Gasteiger charge is -2.48. The van der Waals surface area contributed by atoms with Crippen LogP contribution in [-0.2, 0) is 10.4 Å². The van der Waals surface area contributed by atoms with E-state index in [-0.39, 0.29) is 24.4 Å². The standard InChI is InChI=1S/C25H32N4O3/c1-17-4-3-5-19(12-17)24(31)27-14-23(30)28-21-15-29(16-21)22-8-10-25(32,11-9-22)20-7-6-18(2)26-13-20/h3-7,12-13,21-22,32H,8-11,14-16H2,1-2H3,(H,27,31)(H,28,30)/t22-,25-. The molecule has 1 saturated heterocycles. The summed E-state index contributed by atoms with van der Waals surface area (Å²) < 4.78 is 0. The number of nitrogens with zero attached hydrogens (tertiary/aromatic N) is 2. The number of hydrogen-bond acceptors (Lipinski definition) is 5. The minimum absolute atomic E-state index is 0.0235. The van der Waals surface area contributed by atoms with Crippen LogP contribution >= 0.6 is 0 Å². The molecule has 2 amide bonds. The number of amides is 2. The van der Waals surface area contributed by atoms with E-state index in [1.54, 1.807) is 18.3 Å². The summed E-state index contributed by atoms with van der Waals surface area (Å²) in [5, 5.41) is 16.7. The molecule has 7 heteroatoms. The van der Waals surface area contributed by atoms with Crippen LogP contribution in [0.1, 0.15) is 52.9 Å². The average Bonchev–Trinajstić information content (AvgIpc) is 2.75. The van der Waals surface area contributed by atoms with Crippen molar-refractivity contribution >= 4 is 11.8 Å². The van der Waals surface area contributed by atoms with Crippen molar-refractivity contribution in [2.45, 2.75) is 57.2 Å². The first-order chi connectivity index (χ1) is 15.3. The van der Waals surface area contributed by atoms with Crippen LogP contribution in [0.3, 0.4) is 0 Å². The van der Waals surface area contributed by atoms with E-state index >= 15 is 0 Å². The van der Waals surface area contributed by atoms with E-state index in [1.807, 2.05) is 38.1 Å². The predicted molar refractivity (Wildman–Crippen MR) is 122 cm³/mol. The van der Waals surface area contributed by atoms with Crippen molar-refractivity contribution in [3.63, 3.8) is 0 Å². The van der Waals surface area contributed by atoms with Crippen LogP contribution in [0.25, 0.3) is 0 Å². The second-order valence-electron chi connectivity index (χ2n) is 9.22. The van der Waals surface area contributed by atoms with Crippen LogP contribution < -0.4 is 10.6 Å². The molecule has 4 rings (SSSR count). The zero-order valence-electron chi connectivity index (χ0n) is 18.8. The lowest BCUT2D eigenvalue weighted by molar-refractivity contribution is -0.122. The molecule has 0 atom stereocenters. The van der Waals surface area contributed by atoms with Gasteiger partial charge in [-0.05, 0) is 57.7 Å². The van der Waals surface area contributed by atoms with Gasteiger partial charge in [0.2, 0.25) is 5.91 Å². The van der Waals surface area contributed by atoms with Gasteiger partial charge < -0.3 is 15.7 Å². The highest BCUT2D eigenvalue weighted by atomic mass is 16.3. The van der Waals surface area contributed by atoms with Gasteiger partial charge in [-0.2, -0.15) is 0 Å². The normalized spacial score (nSPS) is 23.9. The maximum atomic E-state index is 12.2. The predicted octanol–water partition coefficient (Wildman–Crippen LogP) is 2.06. The van der Waals surface area contributed by atoms with Gasteiger partial charge in [-0.3, -0.25) is 19.5 Å². The maximum Gasteiger partial charge on any atom is 0.251 e. The van der Waals surface area contributed by atoms with Crippen LogP contribution in [0.5, 0.6) is 0 Å². The van der Waals surface area contributed by atoms with E-state index in [0.717, 1.165) is 55.6 Å². The molecule has 170 valence electrons. The molecule has 7 nitrogen and oxygen atoms in total. The van der Waals surface area contributed by atoms with Gasteiger partial charge in [0, 0.05) is 42.1 Å². The molecule has 1 aromatic carbocycles. The number of rotatable bonds is 6. The third-order valence-electron chi connectivity index (χ3n) is 6.71. The molecular formula is C25H32N4O3. The zero-order chi connectivity index (χ0) is 22.7. The van der Waals surface area contributed by atoms with E-state index in [0.29, 0.717) is 11.6 Å². The highest BCUT2D eigenvalue weighted by Gasteiger charge is 2.40. The average molecular weight is 437 g/mol. The molecular weight excluding hydrogens is 404 g/mol. The highest BCUT2D eigenvalue weighted by molar-refractivity contribution is 5.96. The number of carbonyl (C=O) groups is 2. The molecule has 2 fully saturated rings. The molecule has 0 radical (unpaired) electrons. The zero-order valence-corrected chi connectivity index (χ0v) is 18.8. The number of benzene rings is 1. The molecule has 1 aliphatic heterocycles. The van der Waals surface area contributed by atoms with Gasteiger partial charge in [0.1, 0.15) is 0 Å². The topological polar surface area (TPSA) is 94.6 Å². The first-order valence-electron chi connectivity index (χ1n) is 11.4. The Bertz CT molecular complexity index is 961. The van der Waals surface area contributed by atoms with E-state index in [1.165, 1.54) is 0 Å². The number of carbonyl (C=O) groups excluding carboxylic acids is 2. The van der Waals surface area contributed by atoms with E-state index in [9.17, 15) is 14.7 Å². The largest absolute Gasteiger partial charge is 0.385 e. The molecule has 2 aromatic rings. The van der Waals surface area contributed by atoms with Gasteiger partial charge >= 0.3 is 0 Å². The fourth-order valence-corrected chi connectivity index (χ4v) is 4.71. The van der Waals surface area contributed by atoms with Crippen molar-refractivity contribution in [3.05, 3.63) is 65.0 Å². The summed E-state index contributed by atoms with van der Waals surface area (Å²) in [6.07, 6.45) is 5.10. The fraction of sp³-hybridized carbons (Fsp3) is 0.480. The molecule has 0 unspecified atom stereocenters. The summed E-state index contributed by atoms with van der Waals surface area (Å²) >= 11 is 0. The van der Waals surface area contributed by atoms with Gasteiger partial charge in [0.25, 0.3) is 5.91 Å². The van der Waals surface area contributed by atoms with E-state index in [2.05, 4.69) is 20.5 Å².